The van der Waals surface area contributed by atoms with Crippen LogP contribution in [0.3, 0.4) is 0 Å². The van der Waals surface area contributed by atoms with Crippen LogP contribution in [0.4, 0.5) is 0 Å². The quantitative estimate of drug-likeness (QED) is 0.319. The average Bonchev–Trinajstić information content (AvgIpc) is 3.05. The van der Waals surface area contributed by atoms with Crippen molar-refractivity contribution in [1.29, 1.82) is 0 Å². The molecular weight excluding hydrogens is 421 g/mol. The lowest BCUT2D eigenvalue weighted by molar-refractivity contribution is 0.0418. The van der Waals surface area contributed by atoms with Crippen LogP contribution in [0.5, 0.6) is 0 Å². The lowest BCUT2D eigenvalue weighted by Gasteiger charge is -2.26. The second kappa shape index (κ2) is 10.5. The molecule has 3 N–H and O–H groups in total. The summed E-state index contributed by atoms with van der Waals surface area (Å²) in [4.78, 5) is 5.92. The summed E-state index contributed by atoms with van der Waals surface area (Å²) in [6.45, 7) is 12.5. The van der Waals surface area contributed by atoms with E-state index in [4.69, 9.17) is 0 Å². The minimum absolute atomic E-state index is 0. The highest BCUT2D eigenvalue weighted by atomic mass is 127. The number of nitrogens with one attached hydrogen (secondary N) is 2. The van der Waals surface area contributed by atoms with Gasteiger partial charge in [0, 0.05) is 23.4 Å². The molecule has 1 heterocycles. The molecule has 0 unspecified atom stereocenters. The highest BCUT2D eigenvalue weighted by Gasteiger charge is 2.23. The van der Waals surface area contributed by atoms with Gasteiger partial charge in [0.25, 0.3) is 0 Å². The van der Waals surface area contributed by atoms with Gasteiger partial charge in [-0.15, -0.1) is 35.3 Å². The first-order valence-electron chi connectivity index (χ1n) is 8.15. The predicted octanol–water partition coefficient (Wildman–Crippen LogP) is 3.75. The van der Waals surface area contributed by atoms with Gasteiger partial charge in [-0.3, -0.25) is 4.99 Å². The molecule has 0 amide bonds. The van der Waals surface area contributed by atoms with Crippen LogP contribution in [0.1, 0.15) is 52.3 Å². The maximum Gasteiger partial charge on any atom is 0.191 e. The molecular formula is C17H32IN3OS. The van der Waals surface area contributed by atoms with Crippen molar-refractivity contribution in [1.82, 2.24) is 10.6 Å². The second-order valence-corrected chi connectivity index (χ2v) is 7.29. The highest BCUT2D eigenvalue weighted by molar-refractivity contribution is 14.0. The molecule has 0 saturated carbocycles. The number of halogens is 1. The Labute approximate surface area is 162 Å². The van der Waals surface area contributed by atoms with Gasteiger partial charge in [0.2, 0.25) is 0 Å². The number of guanidine groups is 1. The van der Waals surface area contributed by atoms with Crippen LogP contribution in [0, 0.1) is 0 Å². The molecule has 23 heavy (non-hydrogen) atoms. The van der Waals surface area contributed by atoms with Gasteiger partial charge in [-0.05, 0) is 31.2 Å². The molecule has 0 aliphatic carbocycles. The Bertz CT molecular complexity index is 456. The normalized spacial score (nSPS) is 12.7. The molecule has 0 aliphatic heterocycles. The maximum atomic E-state index is 10.4. The summed E-state index contributed by atoms with van der Waals surface area (Å²) < 4.78 is 0. The molecule has 1 aromatic heterocycles. The molecule has 0 radical (unpaired) electrons. The minimum Gasteiger partial charge on any atom is -0.388 e. The Morgan fingerprint density at radius 3 is 2.35 bits per heavy atom. The van der Waals surface area contributed by atoms with Crippen molar-refractivity contribution in [2.45, 2.75) is 58.5 Å². The minimum atomic E-state index is -0.703. The van der Waals surface area contributed by atoms with Crippen molar-refractivity contribution in [3.8, 4) is 0 Å². The Kier molecular flexibility index (Phi) is 10.4. The third-order valence-electron chi connectivity index (χ3n) is 4.08. The fourth-order valence-electron chi connectivity index (χ4n) is 2.10. The van der Waals surface area contributed by atoms with E-state index in [1.165, 1.54) is 4.88 Å². The number of thiophene rings is 1. The van der Waals surface area contributed by atoms with E-state index < -0.39 is 5.60 Å². The van der Waals surface area contributed by atoms with E-state index in [-0.39, 0.29) is 29.4 Å². The molecule has 0 spiro atoms. The first-order valence-corrected chi connectivity index (χ1v) is 9.03. The lowest BCUT2D eigenvalue weighted by Crippen LogP contribution is -2.44. The molecule has 0 aromatic carbocycles. The zero-order chi connectivity index (χ0) is 16.6. The van der Waals surface area contributed by atoms with Crippen molar-refractivity contribution < 1.29 is 5.11 Å². The van der Waals surface area contributed by atoms with Crippen molar-refractivity contribution in [2.75, 3.05) is 19.6 Å². The summed E-state index contributed by atoms with van der Waals surface area (Å²) in [5.41, 5.74) is -0.651. The molecule has 1 rings (SSSR count). The van der Waals surface area contributed by atoms with E-state index in [0.29, 0.717) is 19.4 Å². The van der Waals surface area contributed by atoms with E-state index in [2.05, 4.69) is 47.0 Å². The third-order valence-corrected chi connectivity index (χ3v) is 5.31. The first kappa shape index (κ1) is 22.7. The van der Waals surface area contributed by atoms with Crippen LogP contribution in [-0.4, -0.2) is 36.3 Å². The van der Waals surface area contributed by atoms with Crippen LogP contribution < -0.4 is 10.6 Å². The average molecular weight is 453 g/mol. The van der Waals surface area contributed by atoms with Gasteiger partial charge in [0.05, 0.1) is 12.1 Å². The number of hydrogen-bond donors (Lipinski definition) is 3. The van der Waals surface area contributed by atoms with Gasteiger partial charge in [-0.25, -0.2) is 0 Å². The second-order valence-electron chi connectivity index (χ2n) is 6.34. The van der Waals surface area contributed by atoms with Crippen LogP contribution >= 0.6 is 35.3 Å². The fraction of sp³-hybridized carbons (Fsp3) is 0.706. The molecule has 0 aliphatic rings. The maximum absolute atomic E-state index is 10.4. The van der Waals surface area contributed by atoms with Crippen molar-refractivity contribution >= 4 is 41.3 Å². The van der Waals surface area contributed by atoms with Gasteiger partial charge in [0.15, 0.2) is 5.96 Å². The van der Waals surface area contributed by atoms with Crippen LogP contribution in [0.15, 0.2) is 22.5 Å². The monoisotopic (exact) mass is 453 g/mol. The van der Waals surface area contributed by atoms with E-state index in [9.17, 15) is 5.11 Å². The van der Waals surface area contributed by atoms with Crippen LogP contribution in [0.25, 0.3) is 0 Å². The molecule has 134 valence electrons. The molecule has 0 saturated heterocycles. The Morgan fingerprint density at radius 1 is 1.22 bits per heavy atom. The number of aliphatic hydroxyl groups is 1. The van der Waals surface area contributed by atoms with Crippen LogP contribution in [-0.2, 0) is 5.41 Å². The highest BCUT2D eigenvalue weighted by Crippen LogP contribution is 2.26. The molecule has 6 heteroatoms. The number of nitrogens with zero attached hydrogens (tertiary/aromatic N) is 1. The predicted molar refractivity (Wildman–Crippen MR) is 112 cm³/mol. The summed E-state index contributed by atoms with van der Waals surface area (Å²) in [7, 11) is 0. The van der Waals surface area contributed by atoms with Crippen LogP contribution in [0.2, 0.25) is 0 Å². The van der Waals surface area contributed by atoms with Crippen molar-refractivity contribution in [3.63, 3.8) is 0 Å². The number of hydrogen-bond acceptors (Lipinski definition) is 3. The Balaban J connectivity index is 0.00000484. The van der Waals surface area contributed by atoms with E-state index in [0.717, 1.165) is 19.0 Å². The summed E-state index contributed by atoms with van der Waals surface area (Å²) in [6, 6.07) is 4.26. The summed E-state index contributed by atoms with van der Waals surface area (Å²) in [6.07, 6.45) is 1.43. The number of aliphatic imine (C=N–C) groups is 1. The van der Waals surface area contributed by atoms with Crippen molar-refractivity contribution in [2.24, 2.45) is 4.99 Å². The van der Waals surface area contributed by atoms with Gasteiger partial charge < -0.3 is 15.7 Å². The zero-order valence-electron chi connectivity index (χ0n) is 15.0. The summed E-state index contributed by atoms with van der Waals surface area (Å²) in [5.74, 6) is 0.771. The first-order chi connectivity index (χ1) is 10.4. The standard InChI is InChI=1S/C17H31N3OS.HI/c1-6-17(21,7-2)13-20-15(18-8-3)19-12-16(4,5)14-10-9-11-22-14;/h9-11,21H,6-8,12-13H2,1-5H3,(H2,18,19,20);1H. The van der Waals surface area contributed by atoms with Gasteiger partial charge >= 0.3 is 0 Å². The smallest absolute Gasteiger partial charge is 0.191 e. The SMILES string of the molecule is CCNC(=NCC(O)(CC)CC)NCC(C)(C)c1cccs1.I. The zero-order valence-corrected chi connectivity index (χ0v) is 18.1. The number of rotatable bonds is 8. The van der Waals surface area contributed by atoms with E-state index in [1.54, 1.807) is 11.3 Å². The summed E-state index contributed by atoms with van der Waals surface area (Å²) >= 11 is 1.78. The van der Waals surface area contributed by atoms with Gasteiger partial charge in [-0.1, -0.05) is 33.8 Å². The van der Waals surface area contributed by atoms with Crippen molar-refractivity contribution in [3.05, 3.63) is 22.4 Å². The molecule has 1 aromatic rings. The molecule has 4 nitrogen and oxygen atoms in total. The lowest BCUT2D eigenvalue weighted by atomic mass is 9.91. The molecule has 0 fully saturated rings. The van der Waals surface area contributed by atoms with E-state index in [1.807, 2.05) is 20.8 Å². The topological polar surface area (TPSA) is 56.7 Å². The fourth-order valence-corrected chi connectivity index (χ4v) is 2.95. The Hall–Kier alpha value is -0.340. The largest absolute Gasteiger partial charge is 0.388 e. The van der Waals surface area contributed by atoms with E-state index >= 15 is 0 Å². The van der Waals surface area contributed by atoms with Gasteiger partial charge in [0.1, 0.15) is 0 Å². The summed E-state index contributed by atoms with van der Waals surface area (Å²) in [5, 5.41) is 19.1. The molecule has 0 bridgehead atoms. The van der Waals surface area contributed by atoms with Gasteiger partial charge in [-0.2, -0.15) is 0 Å². The third kappa shape index (κ3) is 7.39. The molecule has 0 atom stereocenters. The Morgan fingerprint density at radius 2 is 1.87 bits per heavy atom.